The highest BCUT2D eigenvalue weighted by molar-refractivity contribution is 9.10. The van der Waals surface area contributed by atoms with Crippen LogP contribution in [0.5, 0.6) is 0 Å². The fraction of sp³-hybridized carbons (Fsp3) is 0.364. The van der Waals surface area contributed by atoms with Gasteiger partial charge in [0.2, 0.25) is 0 Å². The molecular formula is C11H13BrCl2N2O. The molecule has 1 unspecified atom stereocenters. The number of halogens is 3. The molecule has 0 saturated carbocycles. The molecule has 2 N–H and O–H groups in total. The van der Waals surface area contributed by atoms with Gasteiger partial charge in [0.15, 0.2) is 0 Å². The standard InChI is InChI=1S/C11H12BrClN2O.ClH/c12-9-5-7(1-2-10(9)13)11(16)15-4-3-8(14)6-15;/h1-2,5,8H,3-4,6,14H2;1H. The third-order valence-corrected chi connectivity index (χ3v) is 3.89. The zero-order valence-corrected chi connectivity index (χ0v) is 12.2. The maximum atomic E-state index is 12.1. The summed E-state index contributed by atoms with van der Waals surface area (Å²) in [6.07, 6.45) is 0.875. The predicted molar refractivity (Wildman–Crippen MR) is 74.9 cm³/mol. The fourth-order valence-electron chi connectivity index (χ4n) is 1.78. The monoisotopic (exact) mass is 338 g/mol. The quantitative estimate of drug-likeness (QED) is 0.855. The Labute approximate surface area is 120 Å². The molecule has 1 aromatic carbocycles. The summed E-state index contributed by atoms with van der Waals surface area (Å²) in [5.41, 5.74) is 6.41. The molecule has 1 saturated heterocycles. The molecule has 1 aliphatic rings. The number of likely N-dealkylation sites (tertiary alicyclic amines) is 1. The highest BCUT2D eigenvalue weighted by atomic mass is 79.9. The molecule has 94 valence electrons. The van der Waals surface area contributed by atoms with E-state index in [0.717, 1.165) is 17.4 Å². The molecule has 2 rings (SSSR count). The van der Waals surface area contributed by atoms with Crippen LogP contribution in [0.2, 0.25) is 5.02 Å². The van der Waals surface area contributed by atoms with E-state index in [4.69, 9.17) is 17.3 Å². The van der Waals surface area contributed by atoms with Crippen molar-refractivity contribution in [2.45, 2.75) is 12.5 Å². The molecule has 0 bridgehead atoms. The zero-order chi connectivity index (χ0) is 11.7. The predicted octanol–water partition coefficient (Wildman–Crippen LogP) is 2.70. The summed E-state index contributed by atoms with van der Waals surface area (Å²) in [7, 11) is 0. The van der Waals surface area contributed by atoms with Crippen molar-refractivity contribution in [2.24, 2.45) is 5.73 Å². The van der Waals surface area contributed by atoms with Crippen LogP contribution in [-0.2, 0) is 0 Å². The van der Waals surface area contributed by atoms with Crippen LogP contribution in [0.3, 0.4) is 0 Å². The summed E-state index contributed by atoms with van der Waals surface area (Å²) in [4.78, 5) is 13.8. The van der Waals surface area contributed by atoms with Gasteiger partial charge in [-0.15, -0.1) is 12.4 Å². The first-order chi connectivity index (χ1) is 7.58. The van der Waals surface area contributed by atoms with Crippen LogP contribution in [0, 0.1) is 0 Å². The third kappa shape index (κ3) is 3.35. The molecule has 0 aliphatic carbocycles. The minimum atomic E-state index is 0. The Bertz CT molecular complexity index is 428. The molecule has 0 aromatic heterocycles. The maximum Gasteiger partial charge on any atom is 0.253 e. The van der Waals surface area contributed by atoms with Crippen molar-refractivity contribution in [2.75, 3.05) is 13.1 Å². The number of amides is 1. The van der Waals surface area contributed by atoms with Gasteiger partial charge >= 0.3 is 0 Å². The Morgan fingerprint density at radius 3 is 2.76 bits per heavy atom. The van der Waals surface area contributed by atoms with Crippen molar-refractivity contribution in [3.05, 3.63) is 33.3 Å². The summed E-state index contributed by atoms with van der Waals surface area (Å²) in [5, 5.41) is 0.606. The van der Waals surface area contributed by atoms with Crippen LogP contribution in [0.25, 0.3) is 0 Å². The van der Waals surface area contributed by atoms with Crippen molar-refractivity contribution < 1.29 is 4.79 Å². The first-order valence-electron chi connectivity index (χ1n) is 5.08. The van der Waals surface area contributed by atoms with Gasteiger partial charge in [0, 0.05) is 29.2 Å². The van der Waals surface area contributed by atoms with E-state index in [1.165, 1.54) is 0 Å². The van der Waals surface area contributed by atoms with Crippen molar-refractivity contribution in [1.82, 2.24) is 4.90 Å². The van der Waals surface area contributed by atoms with E-state index in [-0.39, 0.29) is 24.4 Å². The van der Waals surface area contributed by atoms with E-state index in [1.54, 1.807) is 23.1 Å². The molecule has 3 nitrogen and oxygen atoms in total. The van der Waals surface area contributed by atoms with E-state index >= 15 is 0 Å². The smallest absolute Gasteiger partial charge is 0.253 e. The second-order valence-corrected chi connectivity index (χ2v) is 5.19. The van der Waals surface area contributed by atoms with Gasteiger partial charge in [-0.3, -0.25) is 4.79 Å². The minimum Gasteiger partial charge on any atom is -0.337 e. The maximum absolute atomic E-state index is 12.1. The Kier molecular flexibility index (Phi) is 5.25. The normalized spacial score (nSPS) is 19.0. The van der Waals surface area contributed by atoms with Gasteiger partial charge in [-0.2, -0.15) is 0 Å². The van der Waals surface area contributed by atoms with E-state index in [0.29, 0.717) is 17.1 Å². The van der Waals surface area contributed by atoms with Crippen LogP contribution >= 0.6 is 39.9 Å². The first kappa shape index (κ1) is 14.8. The molecule has 1 fully saturated rings. The molecule has 0 radical (unpaired) electrons. The molecule has 1 aromatic rings. The number of carbonyl (C=O) groups excluding carboxylic acids is 1. The van der Waals surface area contributed by atoms with Gasteiger partial charge in [-0.05, 0) is 40.5 Å². The molecule has 1 atom stereocenters. The number of rotatable bonds is 1. The van der Waals surface area contributed by atoms with E-state index in [2.05, 4.69) is 15.9 Å². The summed E-state index contributed by atoms with van der Waals surface area (Å²) in [6, 6.07) is 5.31. The number of benzene rings is 1. The van der Waals surface area contributed by atoms with Gasteiger partial charge < -0.3 is 10.6 Å². The van der Waals surface area contributed by atoms with Gasteiger partial charge in [0.25, 0.3) is 5.91 Å². The summed E-state index contributed by atoms with van der Waals surface area (Å²) in [6.45, 7) is 1.37. The first-order valence-corrected chi connectivity index (χ1v) is 6.25. The lowest BCUT2D eigenvalue weighted by Gasteiger charge is -2.15. The van der Waals surface area contributed by atoms with Crippen molar-refractivity contribution >= 4 is 45.8 Å². The lowest BCUT2D eigenvalue weighted by atomic mass is 10.2. The van der Waals surface area contributed by atoms with Crippen molar-refractivity contribution in [3.63, 3.8) is 0 Å². The number of hydrogen-bond acceptors (Lipinski definition) is 2. The lowest BCUT2D eigenvalue weighted by Crippen LogP contribution is -2.31. The minimum absolute atomic E-state index is 0. The average molecular weight is 340 g/mol. The molecule has 0 spiro atoms. The van der Waals surface area contributed by atoms with Crippen LogP contribution in [-0.4, -0.2) is 29.9 Å². The molecule has 1 aliphatic heterocycles. The van der Waals surface area contributed by atoms with Crippen LogP contribution in [0.1, 0.15) is 16.8 Å². The molecule has 6 heteroatoms. The van der Waals surface area contributed by atoms with Crippen LogP contribution in [0.15, 0.2) is 22.7 Å². The van der Waals surface area contributed by atoms with Crippen molar-refractivity contribution in [3.8, 4) is 0 Å². The lowest BCUT2D eigenvalue weighted by molar-refractivity contribution is 0.0791. The number of carbonyl (C=O) groups is 1. The van der Waals surface area contributed by atoms with Gasteiger partial charge in [0.05, 0.1) is 5.02 Å². The number of nitrogens with zero attached hydrogens (tertiary/aromatic N) is 1. The number of hydrogen-bond donors (Lipinski definition) is 1. The SMILES string of the molecule is Cl.NC1CCN(C(=O)c2ccc(Cl)c(Br)c2)C1. The Morgan fingerprint density at radius 2 is 2.24 bits per heavy atom. The highest BCUT2D eigenvalue weighted by Crippen LogP contribution is 2.24. The Balaban J connectivity index is 0.00000144. The molecular weight excluding hydrogens is 327 g/mol. The Hall–Kier alpha value is -0.290. The zero-order valence-electron chi connectivity index (χ0n) is 9.03. The van der Waals surface area contributed by atoms with Gasteiger partial charge in [-0.1, -0.05) is 11.6 Å². The summed E-state index contributed by atoms with van der Waals surface area (Å²) in [5.74, 6) is 0.0188. The highest BCUT2D eigenvalue weighted by Gasteiger charge is 2.24. The summed E-state index contributed by atoms with van der Waals surface area (Å²) >= 11 is 9.18. The topological polar surface area (TPSA) is 46.3 Å². The van der Waals surface area contributed by atoms with Crippen LogP contribution in [0.4, 0.5) is 0 Å². The summed E-state index contributed by atoms with van der Waals surface area (Å²) < 4.78 is 0.739. The van der Waals surface area contributed by atoms with Gasteiger partial charge in [0.1, 0.15) is 0 Å². The third-order valence-electron chi connectivity index (χ3n) is 2.68. The van der Waals surface area contributed by atoms with Crippen molar-refractivity contribution in [1.29, 1.82) is 0 Å². The second-order valence-electron chi connectivity index (χ2n) is 3.93. The van der Waals surface area contributed by atoms with E-state index in [9.17, 15) is 4.79 Å². The van der Waals surface area contributed by atoms with Gasteiger partial charge in [-0.25, -0.2) is 0 Å². The average Bonchev–Trinajstić information content (AvgIpc) is 2.68. The van der Waals surface area contributed by atoms with E-state index < -0.39 is 0 Å². The Morgan fingerprint density at radius 1 is 1.53 bits per heavy atom. The molecule has 17 heavy (non-hydrogen) atoms. The largest absolute Gasteiger partial charge is 0.337 e. The van der Waals surface area contributed by atoms with E-state index in [1.807, 2.05) is 0 Å². The number of nitrogens with two attached hydrogens (primary N) is 1. The molecule has 1 amide bonds. The second kappa shape index (κ2) is 6.05. The molecule has 1 heterocycles. The fourth-order valence-corrected chi connectivity index (χ4v) is 2.28. The van der Waals surface area contributed by atoms with Crippen LogP contribution < -0.4 is 5.73 Å².